The molecule has 0 saturated heterocycles. The average Bonchev–Trinajstić information content (AvgIpc) is 2.21. The van der Waals surface area contributed by atoms with Gasteiger partial charge in [-0.05, 0) is 32.1 Å². The van der Waals surface area contributed by atoms with Crippen LogP contribution in [0.15, 0.2) is 12.2 Å². The Morgan fingerprint density at radius 2 is 1.82 bits per heavy atom. The van der Waals surface area contributed by atoms with E-state index in [0.29, 0.717) is 0 Å². The highest BCUT2D eigenvalue weighted by atomic mass is 16.5. The van der Waals surface area contributed by atoms with Crippen molar-refractivity contribution in [3.63, 3.8) is 0 Å². The molecule has 0 unspecified atom stereocenters. The molecule has 100 valence electrons. The van der Waals surface area contributed by atoms with E-state index in [0.717, 1.165) is 12.8 Å². The summed E-state index contributed by atoms with van der Waals surface area (Å²) in [6, 6.07) is 0. The number of allylic oxidation sites excluding steroid dienone is 2. The molecular weight excluding hydrogens is 212 g/mol. The highest BCUT2D eigenvalue weighted by Crippen LogP contribution is 2.35. The maximum Gasteiger partial charge on any atom is 0.311 e. The van der Waals surface area contributed by atoms with Crippen molar-refractivity contribution in [1.29, 1.82) is 0 Å². The smallest absolute Gasteiger partial charge is 0.311 e. The summed E-state index contributed by atoms with van der Waals surface area (Å²) in [5, 5.41) is 0. The second-order valence-corrected chi connectivity index (χ2v) is 6.09. The van der Waals surface area contributed by atoms with Crippen LogP contribution in [0.5, 0.6) is 0 Å². The fourth-order valence-electron chi connectivity index (χ4n) is 2.27. The predicted octanol–water partition coefficient (Wildman–Crippen LogP) is 4.35. The van der Waals surface area contributed by atoms with Crippen LogP contribution in [0.4, 0.5) is 0 Å². The molecule has 0 heterocycles. The van der Waals surface area contributed by atoms with Crippen molar-refractivity contribution in [3.8, 4) is 0 Å². The first-order valence-electron chi connectivity index (χ1n) is 6.51. The van der Waals surface area contributed by atoms with Crippen molar-refractivity contribution in [2.24, 2.45) is 10.8 Å². The average molecular weight is 240 g/mol. The Morgan fingerprint density at radius 1 is 1.24 bits per heavy atom. The number of hydrogen-bond donors (Lipinski definition) is 0. The van der Waals surface area contributed by atoms with Gasteiger partial charge in [0.1, 0.15) is 0 Å². The van der Waals surface area contributed by atoms with Gasteiger partial charge < -0.3 is 4.74 Å². The van der Waals surface area contributed by atoms with E-state index in [-0.39, 0.29) is 11.4 Å². The molecule has 0 rings (SSSR count). The normalized spacial score (nSPS) is 13.1. The molecule has 0 atom stereocenters. The molecule has 0 aromatic carbocycles. The SMILES string of the molecule is CCCC/C=C/C(C)(C)CC(C)(C)C(=O)OC. The topological polar surface area (TPSA) is 26.3 Å². The summed E-state index contributed by atoms with van der Waals surface area (Å²) in [5.41, 5.74) is -0.390. The Hall–Kier alpha value is -0.790. The van der Waals surface area contributed by atoms with Crippen LogP contribution in [-0.2, 0) is 9.53 Å². The molecule has 0 spiro atoms. The first kappa shape index (κ1) is 16.2. The molecule has 2 nitrogen and oxygen atoms in total. The number of esters is 1. The van der Waals surface area contributed by atoms with Gasteiger partial charge in [-0.3, -0.25) is 4.79 Å². The Bertz CT molecular complexity index is 262. The predicted molar refractivity (Wildman–Crippen MR) is 72.9 cm³/mol. The maximum atomic E-state index is 11.6. The molecule has 0 aliphatic rings. The molecule has 0 bridgehead atoms. The van der Waals surface area contributed by atoms with Crippen molar-refractivity contribution in [2.45, 2.75) is 60.3 Å². The Morgan fingerprint density at radius 3 is 2.29 bits per heavy atom. The minimum absolute atomic E-state index is 0.0332. The second kappa shape index (κ2) is 6.83. The van der Waals surface area contributed by atoms with Gasteiger partial charge in [0.2, 0.25) is 0 Å². The summed E-state index contributed by atoms with van der Waals surface area (Å²) in [4.78, 5) is 11.6. The van der Waals surface area contributed by atoms with Gasteiger partial charge in [-0.1, -0.05) is 45.8 Å². The Kier molecular flexibility index (Phi) is 6.51. The first-order valence-corrected chi connectivity index (χ1v) is 6.51. The second-order valence-electron chi connectivity index (χ2n) is 6.09. The quantitative estimate of drug-likeness (QED) is 0.376. The van der Waals surface area contributed by atoms with Gasteiger partial charge in [0.15, 0.2) is 0 Å². The van der Waals surface area contributed by atoms with E-state index in [4.69, 9.17) is 4.74 Å². The summed E-state index contributed by atoms with van der Waals surface area (Å²) in [7, 11) is 1.45. The van der Waals surface area contributed by atoms with E-state index in [9.17, 15) is 4.79 Å². The van der Waals surface area contributed by atoms with Crippen molar-refractivity contribution in [3.05, 3.63) is 12.2 Å². The van der Waals surface area contributed by atoms with E-state index in [2.05, 4.69) is 32.9 Å². The largest absolute Gasteiger partial charge is 0.469 e. The lowest BCUT2D eigenvalue weighted by Gasteiger charge is -2.30. The lowest BCUT2D eigenvalue weighted by Crippen LogP contribution is -2.30. The molecule has 0 aliphatic heterocycles. The summed E-state index contributed by atoms with van der Waals surface area (Å²) in [6.07, 6.45) is 8.84. The first-order chi connectivity index (χ1) is 7.75. The van der Waals surface area contributed by atoms with Gasteiger partial charge in [0, 0.05) is 0 Å². The minimum Gasteiger partial charge on any atom is -0.469 e. The molecule has 0 aliphatic carbocycles. The van der Waals surface area contributed by atoms with Gasteiger partial charge in [-0.2, -0.15) is 0 Å². The van der Waals surface area contributed by atoms with Crippen LogP contribution in [0, 0.1) is 10.8 Å². The van der Waals surface area contributed by atoms with E-state index in [1.54, 1.807) is 0 Å². The third kappa shape index (κ3) is 6.50. The van der Waals surface area contributed by atoms with Crippen LogP contribution in [0.3, 0.4) is 0 Å². The van der Waals surface area contributed by atoms with E-state index < -0.39 is 5.41 Å². The van der Waals surface area contributed by atoms with Crippen LogP contribution >= 0.6 is 0 Å². The van der Waals surface area contributed by atoms with Crippen LogP contribution in [0.2, 0.25) is 0 Å². The minimum atomic E-state index is -0.423. The fourth-order valence-corrected chi connectivity index (χ4v) is 2.27. The highest BCUT2D eigenvalue weighted by molar-refractivity contribution is 5.75. The van der Waals surface area contributed by atoms with Gasteiger partial charge in [0.25, 0.3) is 0 Å². The molecule has 0 fully saturated rings. The summed E-state index contributed by atoms with van der Waals surface area (Å²) < 4.78 is 4.84. The number of carbonyl (C=O) groups excluding carboxylic acids is 1. The Labute approximate surface area is 106 Å². The number of methoxy groups -OCH3 is 1. The molecule has 0 N–H and O–H groups in total. The number of carbonyl (C=O) groups is 1. The third-order valence-electron chi connectivity index (χ3n) is 2.93. The van der Waals surface area contributed by atoms with Gasteiger partial charge >= 0.3 is 5.97 Å². The van der Waals surface area contributed by atoms with Crippen LogP contribution in [0.25, 0.3) is 0 Å². The van der Waals surface area contributed by atoms with E-state index in [1.807, 2.05) is 13.8 Å². The summed E-state index contributed by atoms with van der Waals surface area (Å²) >= 11 is 0. The molecule has 0 saturated carbocycles. The Balaban J connectivity index is 4.42. The molecule has 0 aromatic rings. The standard InChI is InChI=1S/C15H28O2/c1-7-8-9-10-11-14(2,3)12-15(4,5)13(16)17-6/h10-11H,7-9,12H2,1-6H3/b11-10+. The van der Waals surface area contributed by atoms with Gasteiger partial charge in [0.05, 0.1) is 12.5 Å². The summed E-state index contributed by atoms with van der Waals surface area (Å²) in [5.74, 6) is -0.132. The van der Waals surface area contributed by atoms with Crippen molar-refractivity contribution < 1.29 is 9.53 Å². The monoisotopic (exact) mass is 240 g/mol. The fraction of sp³-hybridized carbons (Fsp3) is 0.800. The molecule has 0 aromatic heterocycles. The highest BCUT2D eigenvalue weighted by Gasteiger charge is 2.34. The molecule has 17 heavy (non-hydrogen) atoms. The lowest BCUT2D eigenvalue weighted by atomic mass is 9.75. The molecule has 0 amide bonds. The number of hydrogen-bond acceptors (Lipinski definition) is 2. The zero-order chi connectivity index (χ0) is 13.5. The number of ether oxygens (including phenoxy) is 1. The van der Waals surface area contributed by atoms with E-state index >= 15 is 0 Å². The van der Waals surface area contributed by atoms with Crippen LogP contribution < -0.4 is 0 Å². The van der Waals surface area contributed by atoms with E-state index in [1.165, 1.54) is 20.0 Å². The number of unbranched alkanes of at least 4 members (excludes halogenated alkanes) is 2. The van der Waals surface area contributed by atoms with Crippen molar-refractivity contribution in [1.82, 2.24) is 0 Å². The summed E-state index contributed by atoms with van der Waals surface area (Å²) in [6.45, 7) is 10.4. The van der Waals surface area contributed by atoms with Crippen molar-refractivity contribution in [2.75, 3.05) is 7.11 Å². The van der Waals surface area contributed by atoms with Gasteiger partial charge in [-0.15, -0.1) is 0 Å². The zero-order valence-electron chi connectivity index (χ0n) is 12.3. The third-order valence-corrected chi connectivity index (χ3v) is 2.93. The zero-order valence-corrected chi connectivity index (χ0v) is 12.3. The van der Waals surface area contributed by atoms with Gasteiger partial charge in [-0.25, -0.2) is 0 Å². The molecule has 0 radical (unpaired) electrons. The number of rotatable bonds is 7. The lowest BCUT2D eigenvalue weighted by molar-refractivity contribution is -0.152. The molecule has 2 heteroatoms. The van der Waals surface area contributed by atoms with Crippen LogP contribution in [-0.4, -0.2) is 13.1 Å². The van der Waals surface area contributed by atoms with Crippen LogP contribution in [0.1, 0.15) is 60.3 Å². The maximum absolute atomic E-state index is 11.6. The molecular formula is C15H28O2. The van der Waals surface area contributed by atoms with Crippen molar-refractivity contribution >= 4 is 5.97 Å².